The van der Waals surface area contributed by atoms with Gasteiger partial charge < -0.3 is 35.0 Å². The molecule has 5 N–H and O–H groups in total. The third kappa shape index (κ3) is 1.73. The van der Waals surface area contributed by atoms with E-state index in [1.54, 1.807) is 13.8 Å². The van der Waals surface area contributed by atoms with Crippen molar-refractivity contribution in [2.45, 2.75) is 63.0 Å². The highest BCUT2D eigenvalue weighted by Gasteiger charge is 2.87. The molecule has 29 heavy (non-hydrogen) atoms. The monoisotopic (exact) mass is 410 g/mol. The van der Waals surface area contributed by atoms with Gasteiger partial charge in [0.05, 0.1) is 12.0 Å². The summed E-state index contributed by atoms with van der Waals surface area (Å²) in [5.74, 6) is -6.52. The number of fused-ring (bicyclic) bond motifs is 1. The largest absolute Gasteiger partial charge is 0.460 e. The molecule has 0 aromatic carbocycles. The second-order valence-electron chi connectivity index (χ2n) is 9.75. The number of aliphatic hydroxyl groups excluding tert-OH is 3. The van der Waals surface area contributed by atoms with E-state index in [0.29, 0.717) is 5.57 Å². The summed E-state index contributed by atoms with van der Waals surface area (Å²) in [6, 6.07) is 0. The van der Waals surface area contributed by atoms with E-state index in [1.807, 2.05) is 0 Å². The lowest BCUT2D eigenvalue weighted by atomic mass is 9.36. The number of allylic oxidation sites excluding steroid dienone is 1. The molecule has 3 aliphatic carbocycles. The molecule has 2 bridgehead atoms. The van der Waals surface area contributed by atoms with Crippen LogP contribution < -0.4 is 0 Å². The first kappa shape index (κ1) is 19.6. The number of ether oxygens (including phenoxy) is 2. The van der Waals surface area contributed by atoms with Gasteiger partial charge in [-0.05, 0) is 25.3 Å². The van der Waals surface area contributed by atoms with Crippen molar-refractivity contribution >= 4 is 11.8 Å². The minimum Gasteiger partial charge on any atom is -0.460 e. The predicted molar refractivity (Wildman–Crippen MR) is 93.8 cm³/mol. The summed E-state index contributed by atoms with van der Waals surface area (Å²) in [4.78, 5) is 25.0. The molecule has 2 heterocycles. The number of aliphatic hydroxyl groups is 5. The number of hydrogen-bond donors (Lipinski definition) is 5. The first-order valence-electron chi connectivity index (χ1n) is 9.93. The van der Waals surface area contributed by atoms with Crippen molar-refractivity contribution < 1.29 is 44.6 Å². The molecular weight excluding hydrogens is 384 g/mol. The fourth-order valence-corrected chi connectivity index (χ4v) is 7.59. The molecule has 0 radical (unpaired) electrons. The van der Waals surface area contributed by atoms with Crippen LogP contribution in [0.3, 0.4) is 0 Å². The van der Waals surface area contributed by atoms with Crippen LogP contribution in [0, 0.1) is 28.6 Å². The highest BCUT2D eigenvalue weighted by atomic mass is 16.7. The second kappa shape index (κ2) is 5.27. The smallest absolute Gasteiger partial charge is 0.338 e. The van der Waals surface area contributed by atoms with Crippen LogP contribution in [-0.2, 0) is 19.1 Å². The van der Waals surface area contributed by atoms with E-state index in [0.717, 1.165) is 0 Å². The minimum atomic E-state index is -2.19. The topological polar surface area (TPSA) is 154 Å². The van der Waals surface area contributed by atoms with Crippen molar-refractivity contribution in [1.82, 2.24) is 0 Å². The summed E-state index contributed by atoms with van der Waals surface area (Å²) in [7, 11) is 0. The van der Waals surface area contributed by atoms with Gasteiger partial charge in [-0.25, -0.2) is 4.79 Å². The Balaban J connectivity index is 1.84. The fourth-order valence-electron chi connectivity index (χ4n) is 7.59. The Kier molecular flexibility index (Phi) is 3.56. The number of carbonyl (C=O) groups excluding carboxylic acids is 2. The zero-order chi connectivity index (χ0) is 21.3. The molecule has 9 heteroatoms. The standard InChI is InChI=1S/C20H26O9/c1-7-4-10(21)13(23)17(3)9(7)5-11-18-6-28-20(27,16(17)18)12(22)8(2)19(18,26)14(24)15(25)29-11/h4,8-9,11-14,16,22-24,26-27H,5-6H2,1-3H3/t8-,9-,11+,12+,13+,14-,16+,17+,18+,19+,20-/m1/s1. The Hall–Kier alpha value is -1.36. The van der Waals surface area contributed by atoms with Gasteiger partial charge in [-0.2, -0.15) is 0 Å². The lowest BCUT2D eigenvalue weighted by Gasteiger charge is -2.70. The number of ketones is 1. The molecule has 2 saturated heterocycles. The highest BCUT2D eigenvalue weighted by molar-refractivity contribution is 5.96. The summed E-state index contributed by atoms with van der Waals surface area (Å²) < 4.78 is 11.2. The Morgan fingerprint density at radius 2 is 1.79 bits per heavy atom. The van der Waals surface area contributed by atoms with Crippen molar-refractivity contribution in [1.29, 1.82) is 0 Å². The molecule has 5 aliphatic rings. The van der Waals surface area contributed by atoms with E-state index in [4.69, 9.17) is 9.47 Å². The van der Waals surface area contributed by atoms with Gasteiger partial charge >= 0.3 is 5.97 Å². The summed E-state index contributed by atoms with van der Waals surface area (Å²) in [6.45, 7) is 4.49. The number of rotatable bonds is 0. The van der Waals surface area contributed by atoms with Gasteiger partial charge in [0.25, 0.3) is 0 Å². The van der Waals surface area contributed by atoms with E-state index in [2.05, 4.69) is 0 Å². The molecular formula is C20H26O9. The Labute approximate surface area is 166 Å². The molecule has 0 aromatic rings. The third-order valence-corrected chi connectivity index (χ3v) is 8.88. The first-order valence-corrected chi connectivity index (χ1v) is 9.93. The average Bonchev–Trinajstić information content (AvgIpc) is 2.98. The second-order valence-corrected chi connectivity index (χ2v) is 9.75. The minimum absolute atomic E-state index is 0.183. The molecule has 0 unspecified atom stereocenters. The molecule has 9 nitrogen and oxygen atoms in total. The molecule has 0 aromatic heterocycles. The number of esters is 1. The summed E-state index contributed by atoms with van der Waals surface area (Å²) >= 11 is 0. The normalized spacial score (nSPS) is 60.8. The molecule has 160 valence electrons. The Bertz CT molecular complexity index is 855. The van der Waals surface area contributed by atoms with Crippen molar-refractivity contribution in [2.24, 2.45) is 28.6 Å². The van der Waals surface area contributed by atoms with Gasteiger partial charge in [0.2, 0.25) is 0 Å². The fraction of sp³-hybridized carbons (Fsp3) is 0.800. The van der Waals surface area contributed by atoms with Crippen molar-refractivity contribution in [3.63, 3.8) is 0 Å². The van der Waals surface area contributed by atoms with Gasteiger partial charge in [-0.1, -0.05) is 19.4 Å². The van der Waals surface area contributed by atoms with Gasteiger partial charge in [-0.3, -0.25) is 4.79 Å². The van der Waals surface area contributed by atoms with Crippen molar-refractivity contribution in [2.75, 3.05) is 6.61 Å². The zero-order valence-corrected chi connectivity index (χ0v) is 16.4. The van der Waals surface area contributed by atoms with Gasteiger partial charge in [0, 0.05) is 17.3 Å². The molecule has 0 amide bonds. The molecule has 2 aliphatic heterocycles. The summed E-state index contributed by atoms with van der Waals surface area (Å²) in [5, 5.41) is 56.0. The molecule has 4 fully saturated rings. The quantitative estimate of drug-likeness (QED) is 0.293. The molecule has 5 rings (SSSR count). The predicted octanol–water partition coefficient (Wildman–Crippen LogP) is -1.75. The van der Waals surface area contributed by atoms with Crippen LogP contribution in [-0.4, -0.2) is 79.7 Å². The molecule has 1 spiro atoms. The van der Waals surface area contributed by atoms with Crippen LogP contribution in [0.25, 0.3) is 0 Å². The lowest BCUT2D eigenvalue weighted by molar-refractivity contribution is -0.375. The lowest BCUT2D eigenvalue weighted by Crippen LogP contribution is -2.84. The van der Waals surface area contributed by atoms with Crippen LogP contribution in [0.15, 0.2) is 11.6 Å². The van der Waals surface area contributed by atoms with Crippen molar-refractivity contribution in [3.8, 4) is 0 Å². The summed E-state index contributed by atoms with van der Waals surface area (Å²) in [5.41, 5.74) is -4.35. The Morgan fingerprint density at radius 1 is 1.14 bits per heavy atom. The number of hydrogen-bond acceptors (Lipinski definition) is 9. The Morgan fingerprint density at radius 3 is 2.45 bits per heavy atom. The van der Waals surface area contributed by atoms with E-state index >= 15 is 0 Å². The van der Waals surface area contributed by atoms with Gasteiger partial charge in [0.15, 0.2) is 17.7 Å². The maximum atomic E-state index is 12.6. The first-order chi connectivity index (χ1) is 13.4. The highest BCUT2D eigenvalue weighted by Crippen LogP contribution is 2.74. The SMILES string of the molecule is CC1=CC(=O)[C@H](O)[C@]2(C)[C@@H]1C[C@@H]1OC(=O)[C@@H](O)[C@@]3(O)[C@H](C)[C@H](O)[C@@]4(O)OC[C@@]13[C@@H]42. The zero-order valence-electron chi connectivity index (χ0n) is 16.4. The van der Waals surface area contributed by atoms with Gasteiger partial charge in [-0.15, -0.1) is 0 Å². The third-order valence-electron chi connectivity index (χ3n) is 8.88. The van der Waals surface area contributed by atoms with E-state index in [-0.39, 0.29) is 13.0 Å². The van der Waals surface area contributed by atoms with Crippen LogP contribution in [0.4, 0.5) is 0 Å². The summed E-state index contributed by atoms with van der Waals surface area (Å²) in [6.07, 6.45) is -4.56. The maximum Gasteiger partial charge on any atom is 0.338 e. The van der Waals surface area contributed by atoms with E-state index in [9.17, 15) is 35.1 Å². The van der Waals surface area contributed by atoms with E-state index < -0.39 is 76.1 Å². The van der Waals surface area contributed by atoms with E-state index in [1.165, 1.54) is 13.0 Å². The van der Waals surface area contributed by atoms with Crippen LogP contribution >= 0.6 is 0 Å². The van der Waals surface area contributed by atoms with Crippen molar-refractivity contribution in [3.05, 3.63) is 11.6 Å². The van der Waals surface area contributed by atoms with Gasteiger partial charge in [0.1, 0.15) is 23.9 Å². The van der Waals surface area contributed by atoms with Crippen LogP contribution in [0.2, 0.25) is 0 Å². The molecule has 11 atom stereocenters. The average molecular weight is 410 g/mol. The number of carbonyl (C=O) groups is 2. The molecule has 2 saturated carbocycles. The van der Waals surface area contributed by atoms with Crippen LogP contribution in [0.5, 0.6) is 0 Å². The maximum absolute atomic E-state index is 12.6. The van der Waals surface area contributed by atoms with Crippen LogP contribution in [0.1, 0.15) is 27.2 Å².